The van der Waals surface area contributed by atoms with Gasteiger partial charge in [-0.1, -0.05) is 36.4 Å². The first-order chi connectivity index (χ1) is 12.0. The quantitative estimate of drug-likeness (QED) is 0.290. The summed E-state index contributed by atoms with van der Waals surface area (Å²) in [6.07, 6.45) is 1.39. The van der Waals surface area contributed by atoms with Crippen molar-refractivity contribution in [3.63, 3.8) is 0 Å². The molecule has 0 fully saturated rings. The normalized spacial score (nSPS) is 10.6. The van der Waals surface area contributed by atoms with Crippen molar-refractivity contribution in [3.05, 3.63) is 69.8 Å². The molecule has 3 aromatic rings. The Hall–Kier alpha value is -3.19. The Bertz CT molecular complexity index is 996. The van der Waals surface area contributed by atoms with Gasteiger partial charge in [0.1, 0.15) is 17.7 Å². The maximum Gasteiger partial charge on any atom is 0.342 e. The number of oxazole rings is 1. The standard InChI is InChI=1S/C17H11ClN2O5/c1-2-7-24-17(21)12-8-10(20(22)23)9-14-15(12)25-16(19-14)11-5-3-4-6-13(11)18/h2-6,8-9H,1,7H2. The van der Waals surface area contributed by atoms with E-state index in [-0.39, 0.29) is 34.8 Å². The van der Waals surface area contributed by atoms with E-state index in [2.05, 4.69) is 11.6 Å². The van der Waals surface area contributed by atoms with E-state index in [1.54, 1.807) is 24.3 Å². The van der Waals surface area contributed by atoms with Gasteiger partial charge in [-0.15, -0.1) is 0 Å². The SMILES string of the molecule is C=CCOC(=O)c1cc([N+](=O)[O-])cc2nc(-c3ccccc3Cl)oc12. The van der Waals surface area contributed by atoms with Crippen LogP contribution >= 0.6 is 11.6 Å². The van der Waals surface area contributed by atoms with Crippen molar-refractivity contribution in [1.82, 2.24) is 4.98 Å². The first-order valence-electron chi connectivity index (χ1n) is 7.13. The lowest BCUT2D eigenvalue weighted by Gasteiger charge is -2.02. The Labute approximate surface area is 146 Å². The summed E-state index contributed by atoms with van der Waals surface area (Å²) in [5, 5.41) is 11.5. The van der Waals surface area contributed by atoms with Crippen LogP contribution in [0.4, 0.5) is 5.69 Å². The van der Waals surface area contributed by atoms with Crippen LogP contribution in [0, 0.1) is 10.1 Å². The first kappa shape index (κ1) is 16.7. The lowest BCUT2D eigenvalue weighted by Crippen LogP contribution is -2.06. The minimum atomic E-state index is -0.768. The maximum absolute atomic E-state index is 12.2. The highest BCUT2D eigenvalue weighted by Gasteiger charge is 2.23. The first-order valence-corrected chi connectivity index (χ1v) is 7.51. The monoisotopic (exact) mass is 358 g/mol. The smallest absolute Gasteiger partial charge is 0.342 e. The van der Waals surface area contributed by atoms with Crippen LogP contribution in [0.25, 0.3) is 22.6 Å². The summed E-state index contributed by atoms with van der Waals surface area (Å²) in [4.78, 5) is 26.9. The number of halogens is 1. The van der Waals surface area contributed by atoms with Crippen LogP contribution in [0.1, 0.15) is 10.4 Å². The molecule has 0 aliphatic heterocycles. The topological polar surface area (TPSA) is 95.5 Å². The van der Waals surface area contributed by atoms with Gasteiger partial charge in [-0.3, -0.25) is 10.1 Å². The second-order valence-electron chi connectivity index (χ2n) is 4.98. The third-order valence-corrected chi connectivity index (χ3v) is 3.67. The lowest BCUT2D eigenvalue weighted by molar-refractivity contribution is -0.384. The molecular formula is C17H11ClN2O5. The lowest BCUT2D eigenvalue weighted by atomic mass is 10.1. The number of nitrogens with zero attached hydrogens (tertiary/aromatic N) is 2. The van der Waals surface area contributed by atoms with Gasteiger partial charge in [0, 0.05) is 12.1 Å². The predicted octanol–water partition coefficient (Wildman–Crippen LogP) is 4.40. The molecule has 0 amide bonds. The molecule has 2 aromatic carbocycles. The maximum atomic E-state index is 12.2. The van der Waals surface area contributed by atoms with Crippen molar-refractivity contribution in [1.29, 1.82) is 0 Å². The van der Waals surface area contributed by atoms with Crippen molar-refractivity contribution < 1.29 is 18.9 Å². The largest absolute Gasteiger partial charge is 0.458 e. The molecule has 1 aromatic heterocycles. The second-order valence-corrected chi connectivity index (χ2v) is 5.39. The van der Waals surface area contributed by atoms with Crippen molar-refractivity contribution in [2.24, 2.45) is 0 Å². The van der Waals surface area contributed by atoms with Gasteiger partial charge < -0.3 is 9.15 Å². The highest BCUT2D eigenvalue weighted by Crippen LogP contribution is 2.33. The van der Waals surface area contributed by atoms with E-state index in [1.165, 1.54) is 12.1 Å². The van der Waals surface area contributed by atoms with Gasteiger partial charge in [0.25, 0.3) is 5.69 Å². The number of ether oxygens (including phenoxy) is 1. The number of non-ortho nitro benzene ring substituents is 1. The number of rotatable bonds is 5. The fraction of sp³-hybridized carbons (Fsp3) is 0.0588. The van der Waals surface area contributed by atoms with Crippen LogP contribution in [0.5, 0.6) is 0 Å². The van der Waals surface area contributed by atoms with Crippen LogP contribution in [-0.4, -0.2) is 22.5 Å². The highest BCUT2D eigenvalue weighted by atomic mass is 35.5. The molecule has 0 saturated heterocycles. The fourth-order valence-electron chi connectivity index (χ4n) is 2.24. The van der Waals surface area contributed by atoms with Gasteiger partial charge in [-0.25, -0.2) is 9.78 Å². The molecule has 8 heteroatoms. The summed E-state index contributed by atoms with van der Waals surface area (Å²) in [6, 6.07) is 9.17. The number of aromatic nitrogens is 1. The highest BCUT2D eigenvalue weighted by molar-refractivity contribution is 6.33. The Balaban J connectivity index is 2.20. The number of hydrogen-bond acceptors (Lipinski definition) is 6. The van der Waals surface area contributed by atoms with Crippen LogP contribution in [-0.2, 0) is 4.74 Å². The summed E-state index contributed by atoms with van der Waals surface area (Å²) in [6.45, 7) is 3.42. The molecule has 0 aliphatic rings. The Kier molecular flexibility index (Phi) is 4.49. The number of esters is 1. The molecule has 0 N–H and O–H groups in total. The Morgan fingerprint density at radius 2 is 2.16 bits per heavy atom. The van der Waals surface area contributed by atoms with E-state index in [0.717, 1.165) is 6.07 Å². The summed E-state index contributed by atoms with van der Waals surface area (Å²) in [5.74, 6) is -0.616. The van der Waals surface area contributed by atoms with E-state index in [0.29, 0.717) is 10.6 Å². The summed E-state index contributed by atoms with van der Waals surface area (Å²) in [5.41, 5.74) is 0.381. The van der Waals surface area contributed by atoms with Gasteiger partial charge in [-0.05, 0) is 12.1 Å². The Morgan fingerprint density at radius 3 is 2.84 bits per heavy atom. The zero-order valence-electron chi connectivity index (χ0n) is 12.8. The predicted molar refractivity (Wildman–Crippen MR) is 91.6 cm³/mol. The average Bonchev–Trinajstić information content (AvgIpc) is 3.02. The third-order valence-electron chi connectivity index (χ3n) is 3.34. The number of hydrogen-bond donors (Lipinski definition) is 0. The Morgan fingerprint density at radius 1 is 1.40 bits per heavy atom. The van der Waals surface area contributed by atoms with E-state index in [1.807, 2.05) is 0 Å². The fourth-order valence-corrected chi connectivity index (χ4v) is 2.45. The van der Waals surface area contributed by atoms with Crippen molar-refractivity contribution in [2.75, 3.05) is 6.61 Å². The number of nitro groups is 1. The molecule has 0 atom stereocenters. The number of carbonyl (C=O) groups excluding carboxylic acids is 1. The minimum Gasteiger partial charge on any atom is -0.458 e. The molecule has 3 rings (SSSR count). The van der Waals surface area contributed by atoms with E-state index < -0.39 is 10.9 Å². The van der Waals surface area contributed by atoms with E-state index in [4.69, 9.17) is 20.8 Å². The summed E-state index contributed by atoms with van der Waals surface area (Å²) >= 11 is 6.13. The summed E-state index contributed by atoms with van der Waals surface area (Å²) < 4.78 is 10.6. The van der Waals surface area contributed by atoms with Crippen LogP contribution in [0.3, 0.4) is 0 Å². The number of benzene rings is 2. The van der Waals surface area contributed by atoms with Gasteiger partial charge in [0.05, 0.1) is 15.5 Å². The molecular weight excluding hydrogens is 348 g/mol. The number of fused-ring (bicyclic) bond motifs is 1. The third kappa shape index (κ3) is 3.22. The molecule has 1 heterocycles. The molecule has 0 bridgehead atoms. The van der Waals surface area contributed by atoms with E-state index in [9.17, 15) is 14.9 Å². The molecule has 0 saturated carbocycles. The molecule has 7 nitrogen and oxygen atoms in total. The van der Waals surface area contributed by atoms with Gasteiger partial charge in [0.2, 0.25) is 5.89 Å². The zero-order chi connectivity index (χ0) is 18.0. The summed E-state index contributed by atoms with van der Waals surface area (Å²) in [7, 11) is 0. The van der Waals surface area contributed by atoms with Gasteiger partial charge in [-0.2, -0.15) is 0 Å². The van der Waals surface area contributed by atoms with Crippen molar-refractivity contribution >= 4 is 34.4 Å². The van der Waals surface area contributed by atoms with Crippen LogP contribution in [0.15, 0.2) is 53.5 Å². The molecule has 0 spiro atoms. The second kappa shape index (κ2) is 6.74. The number of carbonyl (C=O) groups is 1. The number of nitro benzene ring substituents is 1. The minimum absolute atomic E-state index is 0.0332. The van der Waals surface area contributed by atoms with Crippen molar-refractivity contribution in [3.8, 4) is 11.5 Å². The van der Waals surface area contributed by atoms with Gasteiger partial charge >= 0.3 is 5.97 Å². The van der Waals surface area contributed by atoms with Crippen molar-refractivity contribution in [2.45, 2.75) is 0 Å². The zero-order valence-corrected chi connectivity index (χ0v) is 13.5. The van der Waals surface area contributed by atoms with E-state index >= 15 is 0 Å². The molecule has 0 radical (unpaired) electrons. The average molecular weight is 359 g/mol. The molecule has 0 aliphatic carbocycles. The van der Waals surface area contributed by atoms with Gasteiger partial charge in [0.15, 0.2) is 5.58 Å². The van der Waals surface area contributed by atoms with Crippen LogP contribution in [0.2, 0.25) is 5.02 Å². The van der Waals surface area contributed by atoms with Crippen LogP contribution < -0.4 is 0 Å². The molecule has 25 heavy (non-hydrogen) atoms. The molecule has 126 valence electrons. The molecule has 0 unspecified atom stereocenters.